The van der Waals surface area contributed by atoms with Crippen molar-refractivity contribution in [3.8, 4) is 0 Å². The molecule has 1 aliphatic rings. The second-order valence-corrected chi connectivity index (χ2v) is 6.21. The molecule has 0 saturated carbocycles. The number of hydrogen-bond acceptors (Lipinski definition) is 4. The first kappa shape index (κ1) is 14.3. The van der Waals surface area contributed by atoms with Crippen molar-refractivity contribution in [3.63, 3.8) is 0 Å². The van der Waals surface area contributed by atoms with Gasteiger partial charge in [0.05, 0.1) is 5.92 Å². The highest BCUT2D eigenvalue weighted by molar-refractivity contribution is 6.29. The first-order chi connectivity index (χ1) is 8.87. The van der Waals surface area contributed by atoms with Gasteiger partial charge in [0.2, 0.25) is 0 Å². The number of esters is 1. The number of aromatic nitrogens is 1. The number of ether oxygens (including phenoxy) is 1. The number of halogens is 1. The third-order valence-electron chi connectivity index (χ3n) is 3.10. The smallest absolute Gasteiger partial charge is 0.311 e. The van der Waals surface area contributed by atoms with Crippen molar-refractivity contribution >= 4 is 17.6 Å². The van der Waals surface area contributed by atoms with E-state index in [1.807, 2.05) is 26.8 Å². The van der Waals surface area contributed by atoms with E-state index in [2.05, 4.69) is 10.3 Å². The molecule has 2 unspecified atom stereocenters. The van der Waals surface area contributed by atoms with Gasteiger partial charge in [0.25, 0.3) is 0 Å². The van der Waals surface area contributed by atoms with Crippen LogP contribution in [0.25, 0.3) is 0 Å². The molecule has 0 aliphatic carbocycles. The van der Waals surface area contributed by atoms with Gasteiger partial charge in [-0.1, -0.05) is 17.7 Å². The third kappa shape index (κ3) is 3.67. The van der Waals surface area contributed by atoms with Crippen molar-refractivity contribution in [2.45, 2.75) is 32.3 Å². The molecule has 0 amide bonds. The minimum Gasteiger partial charge on any atom is -0.460 e. The Morgan fingerprint density at radius 1 is 1.42 bits per heavy atom. The molecule has 0 spiro atoms. The molecule has 5 heteroatoms. The van der Waals surface area contributed by atoms with Crippen molar-refractivity contribution in [1.29, 1.82) is 0 Å². The SMILES string of the molecule is CC(C)(C)OC(=O)C1CNCC1c1ccc(Cl)nc1. The van der Waals surface area contributed by atoms with Crippen LogP contribution in [0, 0.1) is 5.92 Å². The predicted octanol–water partition coefficient (Wildman–Crippen LogP) is 2.38. The lowest BCUT2D eigenvalue weighted by Gasteiger charge is -2.24. The van der Waals surface area contributed by atoms with E-state index in [0.29, 0.717) is 11.7 Å². The van der Waals surface area contributed by atoms with Crippen molar-refractivity contribution < 1.29 is 9.53 Å². The average Bonchev–Trinajstić information content (AvgIpc) is 2.76. The van der Waals surface area contributed by atoms with Crippen molar-refractivity contribution in [2.24, 2.45) is 5.92 Å². The summed E-state index contributed by atoms with van der Waals surface area (Å²) in [6, 6.07) is 3.67. The van der Waals surface area contributed by atoms with Gasteiger partial charge in [0.1, 0.15) is 10.8 Å². The van der Waals surface area contributed by atoms with Crippen molar-refractivity contribution in [1.82, 2.24) is 10.3 Å². The van der Waals surface area contributed by atoms with Crippen LogP contribution >= 0.6 is 11.6 Å². The standard InChI is InChI=1S/C14H19ClN2O2/c1-14(2,3)19-13(18)11-8-16-7-10(11)9-4-5-12(15)17-6-9/h4-6,10-11,16H,7-8H2,1-3H3. The van der Waals surface area contributed by atoms with Crippen LogP contribution in [0.3, 0.4) is 0 Å². The number of carbonyl (C=O) groups excluding carboxylic acids is 1. The minimum atomic E-state index is -0.456. The van der Waals surface area contributed by atoms with Crippen LogP contribution in [0.4, 0.5) is 0 Å². The molecule has 2 rings (SSSR count). The summed E-state index contributed by atoms with van der Waals surface area (Å²) in [7, 11) is 0. The van der Waals surface area contributed by atoms with Gasteiger partial charge in [-0.05, 0) is 32.4 Å². The van der Waals surface area contributed by atoms with E-state index in [9.17, 15) is 4.79 Å². The molecule has 1 fully saturated rings. The van der Waals surface area contributed by atoms with Gasteiger partial charge >= 0.3 is 5.97 Å². The molecule has 104 valence electrons. The van der Waals surface area contributed by atoms with E-state index in [1.165, 1.54) is 0 Å². The summed E-state index contributed by atoms with van der Waals surface area (Å²) in [5, 5.41) is 3.70. The molecule has 19 heavy (non-hydrogen) atoms. The molecule has 1 N–H and O–H groups in total. The van der Waals surface area contributed by atoms with Crippen LogP contribution in [-0.2, 0) is 9.53 Å². The van der Waals surface area contributed by atoms with Crippen molar-refractivity contribution in [2.75, 3.05) is 13.1 Å². The van der Waals surface area contributed by atoms with Crippen LogP contribution in [0.1, 0.15) is 32.3 Å². The Balaban J connectivity index is 2.12. The summed E-state index contributed by atoms with van der Waals surface area (Å²) < 4.78 is 5.47. The number of nitrogens with one attached hydrogen (secondary N) is 1. The van der Waals surface area contributed by atoms with Crippen LogP contribution in [-0.4, -0.2) is 29.6 Å². The number of pyridine rings is 1. The number of rotatable bonds is 2. The highest BCUT2D eigenvalue weighted by Crippen LogP contribution is 2.30. The maximum Gasteiger partial charge on any atom is 0.311 e. The fourth-order valence-electron chi connectivity index (χ4n) is 2.26. The minimum absolute atomic E-state index is 0.0969. The summed E-state index contributed by atoms with van der Waals surface area (Å²) in [6.07, 6.45) is 1.73. The molecule has 0 radical (unpaired) electrons. The fourth-order valence-corrected chi connectivity index (χ4v) is 2.37. The molecule has 0 bridgehead atoms. The fraction of sp³-hybridized carbons (Fsp3) is 0.571. The predicted molar refractivity (Wildman–Crippen MR) is 74.2 cm³/mol. The summed E-state index contributed by atoms with van der Waals surface area (Å²) in [5.41, 5.74) is 0.563. The largest absolute Gasteiger partial charge is 0.460 e. The Bertz CT molecular complexity index is 454. The Kier molecular flexibility index (Phi) is 4.11. The van der Waals surface area contributed by atoms with Crippen LogP contribution in [0.15, 0.2) is 18.3 Å². The lowest BCUT2D eigenvalue weighted by atomic mass is 9.90. The molecular formula is C14H19ClN2O2. The molecule has 0 aromatic carbocycles. The van der Waals surface area contributed by atoms with E-state index in [1.54, 1.807) is 12.3 Å². The van der Waals surface area contributed by atoms with E-state index in [0.717, 1.165) is 12.1 Å². The first-order valence-corrected chi connectivity index (χ1v) is 6.79. The molecule has 1 saturated heterocycles. The van der Waals surface area contributed by atoms with Gasteiger partial charge in [0, 0.05) is 25.2 Å². The Labute approximate surface area is 118 Å². The maximum atomic E-state index is 12.2. The topological polar surface area (TPSA) is 51.2 Å². The zero-order chi connectivity index (χ0) is 14.0. The van der Waals surface area contributed by atoms with Gasteiger partial charge in [-0.3, -0.25) is 4.79 Å². The van der Waals surface area contributed by atoms with E-state index in [4.69, 9.17) is 16.3 Å². The molecule has 4 nitrogen and oxygen atoms in total. The third-order valence-corrected chi connectivity index (χ3v) is 3.33. The summed E-state index contributed by atoms with van der Waals surface area (Å²) in [4.78, 5) is 16.3. The lowest BCUT2D eigenvalue weighted by Crippen LogP contribution is -2.31. The summed E-state index contributed by atoms with van der Waals surface area (Å²) in [5.74, 6) is -0.223. The van der Waals surface area contributed by atoms with Crippen LogP contribution in [0.5, 0.6) is 0 Å². The van der Waals surface area contributed by atoms with E-state index >= 15 is 0 Å². The normalized spacial score (nSPS) is 23.4. The summed E-state index contributed by atoms with van der Waals surface area (Å²) >= 11 is 5.79. The lowest BCUT2D eigenvalue weighted by molar-refractivity contribution is -0.159. The van der Waals surface area contributed by atoms with E-state index < -0.39 is 5.60 Å². The number of nitrogens with zero attached hydrogens (tertiary/aromatic N) is 1. The second-order valence-electron chi connectivity index (χ2n) is 5.82. The molecule has 2 atom stereocenters. The number of hydrogen-bond donors (Lipinski definition) is 1. The monoisotopic (exact) mass is 282 g/mol. The zero-order valence-corrected chi connectivity index (χ0v) is 12.2. The highest BCUT2D eigenvalue weighted by atomic mass is 35.5. The van der Waals surface area contributed by atoms with Gasteiger partial charge in [0.15, 0.2) is 0 Å². The Morgan fingerprint density at radius 3 is 2.74 bits per heavy atom. The van der Waals surface area contributed by atoms with Gasteiger partial charge in [-0.15, -0.1) is 0 Å². The zero-order valence-electron chi connectivity index (χ0n) is 11.4. The summed E-state index contributed by atoms with van der Waals surface area (Å²) in [6.45, 7) is 7.04. The molecule has 1 aliphatic heterocycles. The van der Waals surface area contributed by atoms with Crippen LogP contribution < -0.4 is 5.32 Å². The van der Waals surface area contributed by atoms with Gasteiger partial charge in [-0.25, -0.2) is 4.98 Å². The average molecular weight is 283 g/mol. The molecule has 2 heterocycles. The van der Waals surface area contributed by atoms with Gasteiger partial charge in [-0.2, -0.15) is 0 Å². The molecule has 1 aromatic rings. The maximum absolute atomic E-state index is 12.2. The first-order valence-electron chi connectivity index (χ1n) is 6.42. The van der Waals surface area contributed by atoms with Crippen molar-refractivity contribution in [3.05, 3.63) is 29.0 Å². The van der Waals surface area contributed by atoms with Crippen LogP contribution in [0.2, 0.25) is 5.15 Å². The quantitative estimate of drug-likeness (QED) is 0.668. The molecule has 1 aromatic heterocycles. The second kappa shape index (κ2) is 5.47. The highest BCUT2D eigenvalue weighted by Gasteiger charge is 2.36. The molecular weight excluding hydrogens is 264 g/mol. The number of carbonyl (C=O) groups is 1. The van der Waals surface area contributed by atoms with E-state index in [-0.39, 0.29) is 17.8 Å². The Hall–Kier alpha value is -1.13. The Morgan fingerprint density at radius 2 is 2.16 bits per heavy atom. The van der Waals surface area contributed by atoms with Gasteiger partial charge < -0.3 is 10.1 Å².